The molecule has 1 aliphatic rings. The standard InChI is InChI=1S/C17H25ClN2O3/c1-3-20(12-17(21)22)14-6-8-19(9-7-14)11-13-4-5-15(23-2)10-16(13)18/h4-5,10,14H,3,6-9,11-12H2,1-2H3,(H,21,22). The van der Waals surface area contributed by atoms with Crippen molar-refractivity contribution in [1.29, 1.82) is 0 Å². The molecule has 2 rings (SSSR count). The minimum absolute atomic E-state index is 0.130. The third-order valence-corrected chi connectivity index (χ3v) is 4.82. The molecule has 0 atom stereocenters. The van der Waals surface area contributed by atoms with Crippen LogP contribution in [0.5, 0.6) is 5.75 Å². The molecule has 1 aliphatic heterocycles. The van der Waals surface area contributed by atoms with Gasteiger partial charge in [-0.15, -0.1) is 0 Å². The van der Waals surface area contributed by atoms with Crippen molar-refractivity contribution >= 4 is 17.6 Å². The van der Waals surface area contributed by atoms with Gasteiger partial charge in [-0.1, -0.05) is 24.6 Å². The SMILES string of the molecule is CCN(CC(=O)O)C1CCN(Cc2ccc(OC)cc2Cl)CC1. The normalized spacial score (nSPS) is 16.7. The summed E-state index contributed by atoms with van der Waals surface area (Å²) in [5.74, 6) is 0.0176. The van der Waals surface area contributed by atoms with E-state index in [4.69, 9.17) is 21.4 Å². The van der Waals surface area contributed by atoms with Crippen molar-refractivity contribution in [1.82, 2.24) is 9.80 Å². The van der Waals surface area contributed by atoms with E-state index in [-0.39, 0.29) is 6.54 Å². The van der Waals surface area contributed by atoms with Gasteiger partial charge >= 0.3 is 5.97 Å². The number of likely N-dealkylation sites (tertiary alicyclic amines) is 1. The first kappa shape index (κ1) is 18.0. The molecule has 0 bridgehead atoms. The van der Waals surface area contributed by atoms with Gasteiger partial charge in [-0.05, 0) is 50.2 Å². The van der Waals surface area contributed by atoms with Gasteiger partial charge in [0.05, 0.1) is 13.7 Å². The number of ether oxygens (including phenoxy) is 1. The Bertz CT molecular complexity index is 531. The number of carboxylic acids is 1. The van der Waals surface area contributed by atoms with Crippen molar-refractivity contribution in [3.05, 3.63) is 28.8 Å². The van der Waals surface area contributed by atoms with Gasteiger partial charge < -0.3 is 9.84 Å². The quantitative estimate of drug-likeness (QED) is 0.827. The fourth-order valence-electron chi connectivity index (χ4n) is 3.14. The van der Waals surface area contributed by atoms with Crippen LogP contribution in [0, 0.1) is 0 Å². The molecule has 0 saturated carbocycles. The van der Waals surface area contributed by atoms with E-state index in [1.54, 1.807) is 7.11 Å². The van der Waals surface area contributed by atoms with E-state index in [2.05, 4.69) is 9.80 Å². The van der Waals surface area contributed by atoms with E-state index in [1.165, 1.54) is 0 Å². The molecule has 1 fully saturated rings. The van der Waals surface area contributed by atoms with Crippen LogP contribution in [-0.2, 0) is 11.3 Å². The van der Waals surface area contributed by atoms with E-state index >= 15 is 0 Å². The van der Waals surface area contributed by atoms with Gasteiger partial charge in [-0.3, -0.25) is 14.6 Å². The third kappa shape index (κ3) is 5.09. The Labute approximate surface area is 142 Å². The van der Waals surface area contributed by atoms with E-state index in [9.17, 15) is 4.79 Å². The summed E-state index contributed by atoms with van der Waals surface area (Å²) in [4.78, 5) is 15.4. The summed E-state index contributed by atoms with van der Waals surface area (Å²) >= 11 is 6.31. The van der Waals surface area contributed by atoms with Gasteiger partial charge in [0, 0.05) is 17.6 Å². The van der Waals surface area contributed by atoms with Crippen molar-refractivity contribution in [2.75, 3.05) is 33.3 Å². The topological polar surface area (TPSA) is 53.0 Å². The highest BCUT2D eigenvalue weighted by Gasteiger charge is 2.25. The van der Waals surface area contributed by atoms with Gasteiger partial charge in [-0.25, -0.2) is 0 Å². The van der Waals surface area contributed by atoms with Crippen molar-refractivity contribution in [2.45, 2.75) is 32.4 Å². The van der Waals surface area contributed by atoms with Crippen LogP contribution in [0.15, 0.2) is 18.2 Å². The van der Waals surface area contributed by atoms with Crippen LogP contribution in [0.2, 0.25) is 5.02 Å². The van der Waals surface area contributed by atoms with E-state index < -0.39 is 5.97 Å². The Hall–Kier alpha value is -1.30. The Balaban J connectivity index is 1.88. The van der Waals surface area contributed by atoms with Crippen molar-refractivity contribution in [2.24, 2.45) is 0 Å². The summed E-state index contributed by atoms with van der Waals surface area (Å²) in [7, 11) is 1.63. The van der Waals surface area contributed by atoms with Crippen molar-refractivity contribution in [3.8, 4) is 5.75 Å². The first-order chi connectivity index (χ1) is 11.0. The molecular weight excluding hydrogens is 316 g/mol. The molecule has 6 heteroatoms. The predicted molar refractivity (Wildman–Crippen MR) is 91.2 cm³/mol. The highest BCUT2D eigenvalue weighted by atomic mass is 35.5. The molecule has 1 aromatic rings. The predicted octanol–water partition coefficient (Wildman–Crippen LogP) is 2.72. The van der Waals surface area contributed by atoms with E-state index in [0.717, 1.165) is 55.4 Å². The highest BCUT2D eigenvalue weighted by Crippen LogP contribution is 2.25. The first-order valence-electron chi connectivity index (χ1n) is 8.04. The zero-order chi connectivity index (χ0) is 16.8. The number of rotatable bonds is 7. The zero-order valence-electron chi connectivity index (χ0n) is 13.8. The van der Waals surface area contributed by atoms with Gasteiger partial charge in [0.25, 0.3) is 0 Å². The minimum Gasteiger partial charge on any atom is -0.497 e. The number of hydrogen-bond donors (Lipinski definition) is 1. The number of carboxylic acid groups (broad SMARTS) is 1. The van der Waals surface area contributed by atoms with Crippen LogP contribution >= 0.6 is 11.6 Å². The van der Waals surface area contributed by atoms with Gasteiger partial charge in [0.2, 0.25) is 0 Å². The molecule has 23 heavy (non-hydrogen) atoms. The Morgan fingerprint density at radius 3 is 2.65 bits per heavy atom. The molecule has 1 N–H and O–H groups in total. The maximum absolute atomic E-state index is 10.9. The fraction of sp³-hybridized carbons (Fsp3) is 0.588. The van der Waals surface area contributed by atoms with Crippen LogP contribution < -0.4 is 4.74 Å². The van der Waals surface area contributed by atoms with Crippen molar-refractivity contribution in [3.63, 3.8) is 0 Å². The molecule has 0 spiro atoms. The second-order valence-corrected chi connectivity index (χ2v) is 6.33. The molecular formula is C17H25ClN2O3. The summed E-state index contributed by atoms with van der Waals surface area (Å²) < 4.78 is 5.17. The molecule has 128 valence electrons. The van der Waals surface area contributed by atoms with Gasteiger partial charge in [0.15, 0.2) is 0 Å². The Morgan fingerprint density at radius 1 is 1.43 bits per heavy atom. The minimum atomic E-state index is -0.751. The van der Waals surface area contributed by atoms with Crippen LogP contribution in [0.3, 0.4) is 0 Å². The van der Waals surface area contributed by atoms with Crippen LogP contribution in [0.25, 0.3) is 0 Å². The molecule has 0 radical (unpaired) electrons. The molecule has 5 nitrogen and oxygen atoms in total. The maximum atomic E-state index is 10.9. The fourth-order valence-corrected chi connectivity index (χ4v) is 3.37. The molecule has 1 heterocycles. The lowest BCUT2D eigenvalue weighted by Gasteiger charge is -2.37. The van der Waals surface area contributed by atoms with Crippen LogP contribution in [0.4, 0.5) is 0 Å². The summed E-state index contributed by atoms with van der Waals surface area (Å²) in [5, 5.41) is 9.72. The Morgan fingerprint density at radius 2 is 2.13 bits per heavy atom. The number of likely N-dealkylation sites (N-methyl/N-ethyl adjacent to an activating group) is 1. The number of hydrogen-bond acceptors (Lipinski definition) is 4. The molecule has 0 amide bonds. The second kappa shape index (κ2) is 8.52. The zero-order valence-corrected chi connectivity index (χ0v) is 14.6. The van der Waals surface area contributed by atoms with Crippen molar-refractivity contribution < 1.29 is 14.6 Å². The number of halogens is 1. The third-order valence-electron chi connectivity index (χ3n) is 4.47. The lowest BCUT2D eigenvalue weighted by Crippen LogP contribution is -2.46. The van der Waals surface area contributed by atoms with E-state index in [1.807, 2.05) is 25.1 Å². The molecule has 1 aromatic carbocycles. The summed E-state index contributed by atoms with van der Waals surface area (Å²) in [5.41, 5.74) is 1.10. The molecule has 1 saturated heterocycles. The average molecular weight is 341 g/mol. The van der Waals surface area contributed by atoms with Crippen LogP contribution in [0.1, 0.15) is 25.3 Å². The first-order valence-corrected chi connectivity index (χ1v) is 8.42. The van der Waals surface area contributed by atoms with Gasteiger partial charge in [0.1, 0.15) is 5.75 Å². The monoisotopic (exact) mass is 340 g/mol. The van der Waals surface area contributed by atoms with Crippen LogP contribution in [-0.4, -0.2) is 60.2 Å². The summed E-state index contributed by atoms with van der Waals surface area (Å²) in [6.45, 7) is 5.67. The van der Waals surface area contributed by atoms with Gasteiger partial charge in [-0.2, -0.15) is 0 Å². The smallest absolute Gasteiger partial charge is 0.317 e. The average Bonchev–Trinajstić information content (AvgIpc) is 2.55. The number of methoxy groups -OCH3 is 1. The molecule has 0 aliphatic carbocycles. The summed E-state index contributed by atoms with van der Waals surface area (Å²) in [6, 6.07) is 6.14. The Kier molecular flexibility index (Phi) is 6.69. The number of piperidine rings is 1. The largest absolute Gasteiger partial charge is 0.497 e. The number of benzene rings is 1. The van der Waals surface area contributed by atoms with E-state index in [0.29, 0.717) is 6.04 Å². The molecule has 0 unspecified atom stereocenters. The molecule has 0 aromatic heterocycles. The number of nitrogens with zero attached hydrogens (tertiary/aromatic N) is 2. The highest BCUT2D eigenvalue weighted by molar-refractivity contribution is 6.31. The number of carbonyl (C=O) groups is 1. The maximum Gasteiger partial charge on any atom is 0.317 e. The summed E-state index contributed by atoms with van der Waals surface area (Å²) in [6.07, 6.45) is 1.99. The lowest BCUT2D eigenvalue weighted by molar-refractivity contribution is -0.139. The second-order valence-electron chi connectivity index (χ2n) is 5.92. The number of aliphatic carboxylic acids is 1. The lowest BCUT2D eigenvalue weighted by atomic mass is 10.0.